The molecule has 1 aliphatic carbocycles. The fourth-order valence-corrected chi connectivity index (χ4v) is 2.67. The van der Waals surface area contributed by atoms with Gasteiger partial charge in [0.25, 0.3) is 0 Å². The molecule has 4 N–H and O–H groups in total. The fraction of sp³-hybridized carbons (Fsp3) is 0.333. The van der Waals surface area contributed by atoms with Crippen LogP contribution in [0, 0.1) is 6.92 Å². The second kappa shape index (κ2) is 5.46. The van der Waals surface area contributed by atoms with Gasteiger partial charge in [0.05, 0.1) is 0 Å². The van der Waals surface area contributed by atoms with Crippen LogP contribution in [0.1, 0.15) is 23.1 Å². The van der Waals surface area contributed by atoms with E-state index in [4.69, 9.17) is 5.84 Å². The molecule has 5 heteroatoms. The zero-order valence-corrected chi connectivity index (χ0v) is 11.6. The Kier molecular flexibility index (Phi) is 3.52. The first-order valence-electron chi connectivity index (χ1n) is 6.90. The second-order valence-corrected chi connectivity index (χ2v) is 5.22. The summed E-state index contributed by atoms with van der Waals surface area (Å²) in [6.45, 7) is 2.00. The summed E-state index contributed by atoms with van der Waals surface area (Å²) in [7, 11) is 0. The molecule has 0 saturated heterocycles. The van der Waals surface area contributed by atoms with Crippen LogP contribution in [0.2, 0.25) is 0 Å². The molecular weight excluding hydrogens is 250 g/mol. The molecule has 5 nitrogen and oxygen atoms in total. The molecule has 1 heterocycles. The van der Waals surface area contributed by atoms with Crippen LogP contribution in [-0.2, 0) is 12.8 Å². The number of fused-ring (bicyclic) bond motifs is 1. The van der Waals surface area contributed by atoms with Crippen LogP contribution in [0.4, 0.5) is 11.8 Å². The molecule has 20 heavy (non-hydrogen) atoms. The van der Waals surface area contributed by atoms with Crippen LogP contribution in [0.25, 0.3) is 0 Å². The van der Waals surface area contributed by atoms with Gasteiger partial charge in [-0.25, -0.2) is 10.8 Å². The Hall–Kier alpha value is -2.14. The maximum atomic E-state index is 5.36. The standard InChI is InChI=1S/C15H19N5/c1-10-9-17-15(20-16)19-14(10)18-13-7-6-11-4-2-3-5-12(11)8-13/h2-5,9,13H,6-8,16H2,1H3,(H2,17,18,19,20). The Balaban J connectivity index is 1.76. The van der Waals surface area contributed by atoms with E-state index in [1.165, 1.54) is 11.1 Å². The monoisotopic (exact) mass is 269 g/mol. The first-order valence-corrected chi connectivity index (χ1v) is 6.90. The van der Waals surface area contributed by atoms with Crippen molar-refractivity contribution in [3.63, 3.8) is 0 Å². The van der Waals surface area contributed by atoms with Gasteiger partial charge in [-0.15, -0.1) is 0 Å². The highest BCUT2D eigenvalue weighted by molar-refractivity contribution is 5.47. The van der Waals surface area contributed by atoms with Crippen molar-refractivity contribution in [1.29, 1.82) is 0 Å². The van der Waals surface area contributed by atoms with Crippen molar-refractivity contribution in [2.75, 3.05) is 10.7 Å². The van der Waals surface area contributed by atoms with Crippen LogP contribution in [0.15, 0.2) is 30.5 Å². The van der Waals surface area contributed by atoms with Crippen LogP contribution in [-0.4, -0.2) is 16.0 Å². The molecule has 3 rings (SSSR count). The SMILES string of the molecule is Cc1cnc(NN)nc1NC1CCc2ccccc2C1. The maximum absolute atomic E-state index is 5.36. The molecule has 104 valence electrons. The Morgan fingerprint density at radius 2 is 2.05 bits per heavy atom. The summed E-state index contributed by atoms with van der Waals surface area (Å²) in [6, 6.07) is 9.05. The van der Waals surface area contributed by atoms with E-state index in [0.29, 0.717) is 12.0 Å². The summed E-state index contributed by atoms with van der Waals surface area (Å²) in [5.41, 5.74) is 6.41. The minimum absolute atomic E-state index is 0.407. The average Bonchev–Trinajstić information content (AvgIpc) is 2.49. The van der Waals surface area contributed by atoms with Gasteiger partial charge in [-0.05, 0) is 37.3 Å². The van der Waals surface area contributed by atoms with Gasteiger partial charge in [-0.2, -0.15) is 4.98 Å². The van der Waals surface area contributed by atoms with Gasteiger partial charge in [-0.3, -0.25) is 5.43 Å². The number of hydrogen-bond acceptors (Lipinski definition) is 5. The van der Waals surface area contributed by atoms with Gasteiger partial charge in [0.2, 0.25) is 5.95 Å². The van der Waals surface area contributed by atoms with Crippen LogP contribution < -0.4 is 16.6 Å². The number of aromatic nitrogens is 2. The Morgan fingerprint density at radius 1 is 1.25 bits per heavy atom. The smallest absolute Gasteiger partial charge is 0.239 e. The van der Waals surface area contributed by atoms with Gasteiger partial charge >= 0.3 is 0 Å². The van der Waals surface area contributed by atoms with E-state index in [-0.39, 0.29) is 0 Å². The Labute approximate surface area is 118 Å². The number of nitrogens with zero attached hydrogens (tertiary/aromatic N) is 2. The van der Waals surface area contributed by atoms with Crippen molar-refractivity contribution < 1.29 is 0 Å². The van der Waals surface area contributed by atoms with Crippen LogP contribution in [0.3, 0.4) is 0 Å². The molecule has 0 radical (unpaired) electrons. The van der Waals surface area contributed by atoms with Gasteiger partial charge < -0.3 is 5.32 Å². The molecule has 0 saturated carbocycles. The molecular formula is C15H19N5. The van der Waals surface area contributed by atoms with Crippen LogP contribution in [0.5, 0.6) is 0 Å². The second-order valence-electron chi connectivity index (χ2n) is 5.22. The molecule has 0 spiro atoms. The molecule has 1 atom stereocenters. The fourth-order valence-electron chi connectivity index (χ4n) is 2.67. The molecule has 0 amide bonds. The molecule has 1 unspecified atom stereocenters. The topological polar surface area (TPSA) is 75.9 Å². The Bertz CT molecular complexity index is 611. The third-order valence-electron chi connectivity index (χ3n) is 3.79. The van der Waals surface area contributed by atoms with E-state index >= 15 is 0 Å². The predicted molar refractivity (Wildman–Crippen MR) is 80.5 cm³/mol. The molecule has 0 fully saturated rings. The van der Waals surface area contributed by atoms with Crippen molar-refractivity contribution >= 4 is 11.8 Å². The number of nitrogens with two attached hydrogens (primary N) is 1. The first-order chi connectivity index (χ1) is 9.76. The van der Waals surface area contributed by atoms with E-state index in [9.17, 15) is 0 Å². The highest BCUT2D eigenvalue weighted by Gasteiger charge is 2.19. The lowest BCUT2D eigenvalue weighted by molar-refractivity contribution is 0.608. The van der Waals surface area contributed by atoms with Crippen molar-refractivity contribution in [3.8, 4) is 0 Å². The number of rotatable bonds is 3. The zero-order valence-electron chi connectivity index (χ0n) is 11.6. The summed E-state index contributed by atoms with van der Waals surface area (Å²) < 4.78 is 0. The van der Waals surface area contributed by atoms with Gasteiger partial charge in [0.15, 0.2) is 0 Å². The molecule has 0 aliphatic heterocycles. The summed E-state index contributed by atoms with van der Waals surface area (Å²) >= 11 is 0. The lowest BCUT2D eigenvalue weighted by Gasteiger charge is -2.26. The van der Waals surface area contributed by atoms with E-state index in [1.807, 2.05) is 6.92 Å². The van der Waals surface area contributed by atoms with Crippen molar-refractivity contribution in [2.24, 2.45) is 5.84 Å². The molecule has 2 aromatic rings. The summed E-state index contributed by atoms with van der Waals surface area (Å²) in [4.78, 5) is 8.48. The summed E-state index contributed by atoms with van der Waals surface area (Å²) in [5, 5.41) is 3.52. The van der Waals surface area contributed by atoms with Crippen molar-refractivity contribution in [1.82, 2.24) is 9.97 Å². The van der Waals surface area contributed by atoms with E-state index < -0.39 is 0 Å². The number of aryl methyl sites for hydroxylation is 2. The van der Waals surface area contributed by atoms with Crippen molar-refractivity contribution in [2.45, 2.75) is 32.2 Å². The zero-order chi connectivity index (χ0) is 13.9. The minimum atomic E-state index is 0.407. The third-order valence-corrected chi connectivity index (χ3v) is 3.79. The highest BCUT2D eigenvalue weighted by Crippen LogP contribution is 2.24. The number of nitrogen functional groups attached to an aromatic ring is 1. The van der Waals surface area contributed by atoms with E-state index in [2.05, 4.69) is 45.0 Å². The normalized spacial score (nSPS) is 17.4. The van der Waals surface area contributed by atoms with Crippen molar-refractivity contribution in [3.05, 3.63) is 47.2 Å². The number of hydrogen-bond donors (Lipinski definition) is 3. The van der Waals surface area contributed by atoms with Gasteiger partial charge in [0.1, 0.15) is 5.82 Å². The van der Waals surface area contributed by atoms with Gasteiger partial charge in [0, 0.05) is 17.8 Å². The summed E-state index contributed by atoms with van der Waals surface area (Å²) in [6.07, 6.45) is 5.04. The molecule has 1 aromatic carbocycles. The summed E-state index contributed by atoms with van der Waals surface area (Å²) in [5.74, 6) is 6.66. The van der Waals surface area contributed by atoms with E-state index in [1.54, 1.807) is 6.20 Å². The minimum Gasteiger partial charge on any atom is -0.367 e. The number of anilines is 2. The number of benzene rings is 1. The highest BCUT2D eigenvalue weighted by atomic mass is 15.3. The largest absolute Gasteiger partial charge is 0.367 e. The average molecular weight is 269 g/mol. The third kappa shape index (κ3) is 2.58. The van der Waals surface area contributed by atoms with Gasteiger partial charge in [-0.1, -0.05) is 24.3 Å². The molecule has 1 aliphatic rings. The Morgan fingerprint density at radius 3 is 2.85 bits per heavy atom. The van der Waals surface area contributed by atoms with E-state index in [0.717, 1.165) is 30.6 Å². The molecule has 1 aromatic heterocycles. The first kappa shape index (κ1) is 12.9. The maximum Gasteiger partial charge on any atom is 0.239 e. The number of hydrazine groups is 1. The lowest BCUT2D eigenvalue weighted by atomic mass is 9.88. The number of nitrogens with one attached hydrogen (secondary N) is 2. The predicted octanol–water partition coefficient (Wildman–Crippen LogP) is 2.04. The quantitative estimate of drug-likeness (QED) is 0.587. The van der Waals surface area contributed by atoms with Crippen LogP contribution >= 0.6 is 0 Å². The lowest BCUT2D eigenvalue weighted by Crippen LogP contribution is -2.28. The molecule has 0 bridgehead atoms.